The van der Waals surface area contributed by atoms with Crippen LogP contribution in [0.25, 0.3) is 0 Å². The molecule has 0 N–H and O–H groups in total. The standard InChI is InChI=1S/C9H9N3/c1-2-4-8(5-3-1)9-10-6-7-11-12-9/h1-5H,6-7H2. The Morgan fingerprint density at radius 1 is 1.00 bits per heavy atom. The highest BCUT2D eigenvalue weighted by atomic mass is 15.2. The minimum absolute atomic E-state index is 0.719. The molecular formula is C9H9N3. The van der Waals surface area contributed by atoms with E-state index in [0.717, 1.165) is 24.5 Å². The van der Waals surface area contributed by atoms with Gasteiger partial charge in [0.05, 0.1) is 13.1 Å². The zero-order chi connectivity index (χ0) is 8.23. The second-order valence-corrected chi connectivity index (χ2v) is 2.54. The Morgan fingerprint density at radius 3 is 2.50 bits per heavy atom. The fourth-order valence-corrected chi connectivity index (χ4v) is 1.09. The van der Waals surface area contributed by atoms with Gasteiger partial charge in [-0.1, -0.05) is 30.3 Å². The molecule has 1 aromatic carbocycles. The molecule has 1 aliphatic heterocycles. The second-order valence-electron chi connectivity index (χ2n) is 2.54. The molecule has 60 valence electrons. The smallest absolute Gasteiger partial charge is 0.176 e. The van der Waals surface area contributed by atoms with E-state index in [1.807, 2.05) is 30.3 Å². The number of amidine groups is 1. The van der Waals surface area contributed by atoms with Crippen LogP contribution in [0.4, 0.5) is 0 Å². The van der Waals surface area contributed by atoms with Crippen molar-refractivity contribution in [2.24, 2.45) is 15.2 Å². The zero-order valence-corrected chi connectivity index (χ0v) is 6.64. The van der Waals surface area contributed by atoms with Crippen LogP contribution in [0.1, 0.15) is 5.56 Å². The minimum atomic E-state index is 0.719. The van der Waals surface area contributed by atoms with Gasteiger partial charge in [-0.05, 0) is 0 Å². The van der Waals surface area contributed by atoms with Crippen LogP contribution in [0, 0.1) is 0 Å². The van der Waals surface area contributed by atoms with Crippen LogP contribution in [0.3, 0.4) is 0 Å². The Labute approximate surface area is 70.9 Å². The molecule has 2 rings (SSSR count). The lowest BCUT2D eigenvalue weighted by Gasteiger charge is -2.02. The molecule has 3 nitrogen and oxygen atoms in total. The number of azo groups is 1. The summed E-state index contributed by atoms with van der Waals surface area (Å²) in [5.74, 6) is 0.752. The molecule has 0 unspecified atom stereocenters. The highest BCUT2D eigenvalue weighted by Crippen LogP contribution is 2.05. The fraction of sp³-hybridized carbons (Fsp3) is 0.222. The van der Waals surface area contributed by atoms with Crippen molar-refractivity contribution >= 4 is 5.84 Å². The van der Waals surface area contributed by atoms with Crippen LogP contribution in [0.15, 0.2) is 45.6 Å². The summed E-state index contributed by atoms with van der Waals surface area (Å²) in [6.45, 7) is 1.48. The lowest BCUT2D eigenvalue weighted by Crippen LogP contribution is -2.03. The van der Waals surface area contributed by atoms with Crippen molar-refractivity contribution < 1.29 is 0 Å². The Morgan fingerprint density at radius 2 is 1.83 bits per heavy atom. The maximum absolute atomic E-state index is 4.26. The Balaban J connectivity index is 2.31. The molecule has 0 saturated carbocycles. The van der Waals surface area contributed by atoms with E-state index in [1.54, 1.807) is 0 Å². The molecule has 12 heavy (non-hydrogen) atoms. The molecule has 0 spiro atoms. The van der Waals surface area contributed by atoms with Gasteiger partial charge >= 0.3 is 0 Å². The summed E-state index contributed by atoms with van der Waals surface area (Å²) in [4.78, 5) is 4.26. The normalized spacial score (nSPS) is 15.8. The van der Waals surface area contributed by atoms with Crippen molar-refractivity contribution in [3.63, 3.8) is 0 Å². The minimum Gasteiger partial charge on any atom is -0.263 e. The first-order valence-electron chi connectivity index (χ1n) is 3.94. The van der Waals surface area contributed by atoms with Gasteiger partial charge in [-0.15, -0.1) is 5.11 Å². The number of hydrogen-bond acceptors (Lipinski definition) is 3. The van der Waals surface area contributed by atoms with E-state index in [0.29, 0.717) is 0 Å². The van der Waals surface area contributed by atoms with E-state index in [-0.39, 0.29) is 0 Å². The van der Waals surface area contributed by atoms with E-state index >= 15 is 0 Å². The van der Waals surface area contributed by atoms with Gasteiger partial charge in [0.2, 0.25) is 0 Å². The van der Waals surface area contributed by atoms with Crippen LogP contribution < -0.4 is 0 Å². The van der Waals surface area contributed by atoms with Crippen LogP contribution in [-0.2, 0) is 0 Å². The monoisotopic (exact) mass is 159 g/mol. The molecule has 0 saturated heterocycles. The maximum atomic E-state index is 4.26. The predicted octanol–water partition coefficient (Wildman–Crippen LogP) is 1.90. The number of nitrogens with zero attached hydrogens (tertiary/aromatic N) is 3. The molecule has 0 bridgehead atoms. The fourth-order valence-electron chi connectivity index (χ4n) is 1.09. The summed E-state index contributed by atoms with van der Waals surface area (Å²) in [5, 5.41) is 7.90. The summed E-state index contributed by atoms with van der Waals surface area (Å²) >= 11 is 0. The SMILES string of the molecule is c1ccc(C2=NCCN=N2)cc1. The molecule has 0 aliphatic carbocycles. The van der Waals surface area contributed by atoms with Crippen molar-refractivity contribution in [3.05, 3.63) is 35.9 Å². The van der Waals surface area contributed by atoms with Crippen molar-refractivity contribution in [3.8, 4) is 0 Å². The highest BCUT2D eigenvalue weighted by molar-refractivity contribution is 5.99. The van der Waals surface area contributed by atoms with Crippen LogP contribution in [-0.4, -0.2) is 18.9 Å². The number of aliphatic imine (C=N–C) groups is 1. The first-order chi connectivity index (χ1) is 5.97. The van der Waals surface area contributed by atoms with Crippen molar-refractivity contribution in [2.75, 3.05) is 13.1 Å². The third-order valence-corrected chi connectivity index (χ3v) is 1.66. The highest BCUT2D eigenvalue weighted by Gasteiger charge is 2.02. The van der Waals surface area contributed by atoms with Crippen molar-refractivity contribution in [1.82, 2.24) is 0 Å². The summed E-state index contributed by atoms with van der Waals surface area (Å²) < 4.78 is 0. The quantitative estimate of drug-likeness (QED) is 0.600. The van der Waals surface area contributed by atoms with Gasteiger partial charge in [0.25, 0.3) is 0 Å². The van der Waals surface area contributed by atoms with E-state index in [2.05, 4.69) is 15.2 Å². The third kappa shape index (κ3) is 1.39. The van der Waals surface area contributed by atoms with Crippen LogP contribution >= 0.6 is 0 Å². The summed E-state index contributed by atoms with van der Waals surface area (Å²) in [6.07, 6.45) is 0. The molecule has 0 fully saturated rings. The van der Waals surface area contributed by atoms with E-state index < -0.39 is 0 Å². The van der Waals surface area contributed by atoms with Gasteiger partial charge < -0.3 is 0 Å². The second kappa shape index (κ2) is 3.26. The Hall–Kier alpha value is -1.51. The van der Waals surface area contributed by atoms with Gasteiger partial charge in [-0.2, -0.15) is 5.11 Å². The van der Waals surface area contributed by atoms with E-state index in [1.165, 1.54) is 0 Å². The average Bonchev–Trinajstić information content (AvgIpc) is 2.21. The molecule has 1 heterocycles. The summed E-state index contributed by atoms with van der Waals surface area (Å²) in [6, 6.07) is 9.90. The van der Waals surface area contributed by atoms with E-state index in [9.17, 15) is 0 Å². The van der Waals surface area contributed by atoms with Crippen molar-refractivity contribution in [2.45, 2.75) is 0 Å². The molecule has 3 heteroatoms. The van der Waals surface area contributed by atoms with Gasteiger partial charge in [-0.25, -0.2) is 0 Å². The lowest BCUT2D eigenvalue weighted by atomic mass is 10.2. The number of benzene rings is 1. The molecule has 0 amide bonds. The molecule has 1 aromatic rings. The molecule has 1 aliphatic rings. The van der Waals surface area contributed by atoms with Gasteiger partial charge in [0, 0.05) is 5.56 Å². The summed E-state index contributed by atoms with van der Waals surface area (Å²) in [5.41, 5.74) is 1.04. The van der Waals surface area contributed by atoms with Gasteiger partial charge in [0.1, 0.15) is 0 Å². The number of rotatable bonds is 1. The Bertz CT molecular complexity index is 314. The summed E-state index contributed by atoms with van der Waals surface area (Å²) in [7, 11) is 0. The largest absolute Gasteiger partial charge is 0.263 e. The van der Waals surface area contributed by atoms with Gasteiger partial charge in [0.15, 0.2) is 5.84 Å². The molecule has 0 radical (unpaired) electrons. The van der Waals surface area contributed by atoms with Gasteiger partial charge in [-0.3, -0.25) is 4.99 Å². The first kappa shape index (κ1) is 7.16. The first-order valence-corrected chi connectivity index (χ1v) is 3.94. The Kier molecular flexibility index (Phi) is 1.94. The lowest BCUT2D eigenvalue weighted by molar-refractivity contribution is 0.881. The topological polar surface area (TPSA) is 37.1 Å². The van der Waals surface area contributed by atoms with Crippen molar-refractivity contribution in [1.29, 1.82) is 0 Å². The number of hydrogen-bond donors (Lipinski definition) is 0. The third-order valence-electron chi connectivity index (χ3n) is 1.66. The average molecular weight is 159 g/mol. The molecule has 0 atom stereocenters. The van der Waals surface area contributed by atoms with E-state index in [4.69, 9.17) is 0 Å². The maximum Gasteiger partial charge on any atom is 0.176 e. The zero-order valence-electron chi connectivity index (χ0n) is 6.64. The molecule has 0 aromatic heterocycles. The molecular weight excluding hydrogens is 150 g/mol. The predicted molar refractivity (Wildman–Crippen MR) is 47.6 cm³/mol. The van der Waals surface area contributed by atoms with Crippen LogP contribution in [0.5, 0.6) is 0 Å². The van der Waals surface area contributed by atoms with Crippen LogP contribution in [0.2, 0.25) is 0 Å².